The number of nitrogens with one attached hydrogen (secondary N) is 1. The molecule has 0 amide bonds. The molecular formula is C10H16F3N3O. The molecule has 0 aliphatic rings. The number of hydrogen-bond donors (Lipinski definition) is 2. The van der Waals surface area contributed by atoms with Gasteiger partial charge in [0.05, 0.1) is 31.2 Å². The van der Waals surface area contributed by atoms with Crippen molar-refractivity contribution < 1.29 is 18.3 Å². The first-order valence-corrected chi connectivity index (χ1v) is 5.28. The summed E-state index contributed by atoms with van der Waals surface area (Å²) in [6.07, 6.45) is -1.29. The molecule has 1 aromatic rings. The first-order valence-electron chi connectivity index (χ1n) is 5.28. The van der Waals surface area contributed by atoms with E-state index in [4.69, 9.17) is 5.11 Å². The molecule has 2 N–H and O–H groups in total. The molecule has 4 nitrogen and oxygen atoms in total. The van der Waals surface area contributed by atoms with Gasteiger partial charge in [-0.15, -0.1) is 0 Å². The van der Waals surface area contributed by atoms with Crippen LogP contribution in [0, 0.1) is 0 Å². The van der Waals surface area contributed by atoms with Crippen molar-refractivity contribution in [3.05, 3.63) is 18.2 Å². The fraction of sp³-hybridized carbons (Fsp3) is 0.700. The SMILES string of the molecule is CC(C)n1cncc1C(CO)NCC(F)(F)F. The number of hydrogen-bond acceptors (Lipinski definition) is 3. The second kappa shape index (κ2) is 5.50. The van der Waals surface area contributed by atoms with E-state index < -0.39 is 25.4 Å². The summed E-state index contributed by atoms with van der Waals surface area (Å²) in [6, 6.07) is -0.684. The highest BCUT2D eigenvalue weighted by Gasteiger charge is 2.29. The predicted molar refractivity (Wildman–Crippen MR) is 56.5 cm³/mol. The highest BCUT2D eigenvalue weighted by atomic mass is 19.4. The average molecular weight is 251 g/mol. The summed E-state index contributed by atoms with van der Waals surface area (Å²) in [6.45, 7) is 2.24. The summed E-state index contributed by atoms with van der Waals surface area (Å²) < 4.78 is 38.0. The Labute approximate surface area is 97.5 Å². The van der Waals surface area contributed by atoms with Crippen LogP contribution in [-0.2, 0) is 0 Å². The maximum absolute atomic E-state index is 12.1. The predicted octanol–water partition coefficient (Wildman–Crippen LogP) is 1.65. The minimum atomic E-state index is -4.30. The van der Waals surface area contributed by atoms with Gasteiger partial charge in [-0.1, -0.05) is 0 Å². The fourth-order valence-corrected chi connectivity index (χ4v) is 1.52. The average Bonchev–Trinajstić information content (AvgIpc) is 2.66. The molecule has 1 aromatic heterocycles. The van der Waals surface area contributed by atoms with Crippen molar-refractivity contribution in [1.82, 2.24) is 14.9 Å². The Balaban J connectivity index is 2.76. The fourth-order valence-electron chi connectivity index (χ4n) is 1.52. The van der Waals surface area contributed by atoms with E-state index in [9.17, 15) is 13.2 Å². The van der Waals surface area contributed by atoms with Gasteiger partial charge in [-0.05, 0) is 13.8 Å². The zero-order chi connectivity index (χ0) is 13.1. The van der Waals surface area contributed by atoms with E-state index in [0.717, 1.165) is 0 Å². The van der Waals surface area contributed by atoms with Gasteiger partial charge in [0.15, 0.2) is 0 Å². The van der Waals surface area contributed by atoms with Gasteiger partial charge in [0.25, 0.3) is 0 Å². The van der Waals surface area contributed by atoms with Crippen molar-refractivity contribution in [3.63, 3.8) is 0 Å². The van der Waals surface area contributed by atoms with E-state index in [0.29, 0.717) is 5.69 Å². The van der Waals surface area contributed by atoms with Crippen LogP contribution in [0.3, 0.4) is 0 Å². The molecule has 0 aliphatic heterocycles. The molecule has 0 saturated carbocycles. The number of aliphatic hydroxyl groups is 1. The molecule has 1 unspecified atom stereocenters. The third-order valence-corrected chi connectivity index (χ3v) is 2.34. The van der Waals surface area contributed by atoms with E-state index in [1.54, 1.807) is 4.57 Å². The quantitative estimate of drug-likeness (QED) is 0.836. The number of imidazole rings is 1. The summed E-state index contributed by atoms with van der Waals surface area (Å²) in [5.41, 5.74) is 0.548. The molecule has 0 aliphatic carbocycles. The molecule has 0 bridgehead atoms. The molecule has 0 spiro atoms. The molecule has 0 saturated heterocycles. The topological polar surface area (TPSA) is 50.1 Å². The van der Waals surface area contributed by atoms with Crippen LogP contribution in [0.25, 0.3) is 0 Å². The summed E-state index contributed by atoms with van der Waals surface area (Å²) in [5.74, 6) is 0. The monoisotopic (exact) mass is 251 g/mol. The smallest absolute Gasteiger partial charge is 0.394 e. The summed E-state index contributed by atoms with van der Waals surface area (Å²) in [5, 5.41) is 11.4. The van der Waals surface area contributed by atoms with E-state index in [2.05, 4.69) is 10.3 Å². The van der Waals surface area contributed by atoms with E-state index in [-0.39, 0.29) is 6.04 Å². The lowest BCUT2D eigenvalue weighted by molar-refractivity contribution is -0.126. The molecule has 7 heteroatoms. The third-order valence-electron chi connectivity index (χ3n) is 2.34. The minimum Gasteiger partial charge on any atom is -0.394 e. The molecule has 1 heterocycles. The van der Waals surface area contributed by atoms with Crippen LogP contribution in [0.1, 0.15) is 31.6 Å². The second-order valence-corrected chi connectivity index (χ2v) is 4.05. The van der Waals surface area contributed by atoms with Crippen molar-refractivity contribution in [2.45, 2.75) is 32.1 Å². The lowest BCUT2D eigenvalue weighted by atomic mass is 10.2. The van der Waals surface area contributed by atoms with Gasteiger partial charge in [0.1, 0.15) is 0 Å². The van der Waals surface area contributed by atoms with Gasteiger partial charge >= 0.3 is 6.18 Å². The normalized spacial score (nSPS) is 14.3. The Bertz CT molecular complexity index is 349. The minimum absolute atomic E-state index is 0.0780. The van der Waals surface area contributed by atoms with Gasteiger partial charge in [-0.25, -0.2) is 4.98 Å². The van der Waals surface area contributed by atoms with Crippen molar-refractivity contribution in [1.29, 1.82) is 0 Å². The van der Waals surface area contributed by atoms with Gasteiger partial charge in [-0.2, -0.15) is 13.2 Å². The Morgan fingerprint density at radius 3 is 2.59 bits per heavy atom. The Hall–Kier alpha value is -1.08. The Morgan fingerprint density at radius 2 is 2.12 bits per heavy atom. The maximum Gasteiger partial charge on any atom is 0.401 e. The highest BCUT2D eigenvalue weighted by Crippen LogP contribution is 2.19. The standard InChI is InChI=1S/C10H16F3N3O/c1-7(2)16-6-14-3-9(16)8(4-17)15-5-10(11,12)13/h3,6-8,15,17H,4-5H2,1-2H3. The summed E-state index contributed by atoms with van der Waals surface area (Å²) in [4.78, 5) is 3.89. The van der Waals surface area contributed by atoms with Crippen molar-refractivity contribution in [2.24, 2.45) is 0 Å². The number of aliphatic hydroxyl groups excluding tert-OH is 1. The zero-order valence-corrected chi connectivity index (χ0v) is 9.70. The maximum atomic E-state index is 12.1. The van der Waals surface area contributed by atoms with Crippen molar-refractivity contribution in [2.75, 3.05) is 13.2 Å². The number of alkyl halides is 3. The van der Waals surface area contributed by atoms with Crippen LogP contribution in [0.2, 0.25) is 0 Å². The van der Waals surface area contributed by atoms with Gasteiger partial charge < -0.3 is 9.67 Å². The number of halogens is 3. The largest absolute Gasteiger partial charge is 0.401 e. The molecule has 98 valence electrons. The summed E-state index contributed by atoms with van der Waals surface area (Å²) in [7, 11) is 0. The highest BCUT2D eigenvalue weighted by molar-refractivity contribution is 5.06. The first-order chi connectivity index (χ1) is 7.85. The first kappa shape index (κ1) is 14.0. The molecule has 0 aromatic carbocycles. The molecule has 1 atom stereocenters. The van der Waals surface area contributed by atoms with Crippen LogP contribution in [0.4, 0.5) is 13.2 Å². The van der Waals surface area contributed by atoms with Crippen LogP contribution in [-0.4, -0.2) is 34.0 Å². The van der Waals surface area contributed by atoms with Gasteiger partial charge in [-0.3, -0.25) is 5.32 Å². The van der Waals surface area contributed by atoms with Gasteiger partial charge in [0, 0.05) is 12.2 Å². The lowest BCUT2D eigenvalue weighted by Gasteiger charge is -2.20. The molecule has 0 fully saturated rings. The molecule has 0 radical (unpaired) electrons. The Morgan fingerprint density at radius 1 is 1.47 bits per heavy atom. The third kappa shape index (κ3) is 4.01. The zero-order valence-electron chi connectivity index (χ0n) is 9.70. The summed E-state index contributed by atoms with van der Waals surface area (Å²) >= 11 is 0. The number of aromatic nitrogens is 2. The van der Waals surface area contributed by atoms with Crippen LogP contribution in [0.15, 0.2) is 12.5 Å². The lowest BCUT2D eigenvalue weighted by Crippen LogP contribution is -2.34. The van der Waals surface area contributed by atoms with E-state index >= 15 is 0 Å². The van der Waals surface area contributed by atoms with Crippen LogP contribution < -0.4 is 5.32 Å². The molecule has 1 rings (SSSR count). The van der Waals surface area contributed by atoms with Gasteiger partial charge in [0.2, 0.25) is 0 Å². The molecular weight excluding hydrogens is 235 g/mol. The second-order valence-electron chi connectivity index (χ2n) is 4.05. The van der Waals surface area contributed by atoms with E-state index in [1.807, 2.05) is 13.8 Å². The molecule has 17 heavy (non-hydrogen) atoms. The van der Waals surface area contributed by atoms with Crippen molar-refractivity contribution in [3.8, 4) is 0 Å². The van der Waals surface area contributed by atoms with Crippen LogP contribution >= 0.6 is 0 Å². The van der Waals surface area contributed by atoms with Crippen molar-refractivity contribution >= 4 is 0 Å². The number of nitrogens with zero attached hydrogens (tertiary/aromatic N) is 2. The van der Waals surface area contributed by atoms with E-state index in [1.165, 1.54) is 12.5 Å². The number of rotatable bonds is 5. The Kier molecular flexibility index (Phi) is 4.53. The van der Waals surface area contributed by atoms with Crippen LogP contribution in [0.5, 0.6) is 0 Å².